The molecule has 0 saturated heterocycles. The number of hydrogen-bond donors (Lipinski definition) is 2. The van der Waals surface area contributed by atoms with E-state index in [1.165, 1.54) is 10.9 Å². The van der Waals surface area contributed by atoms with Gasteiger partial charge in [0.2, 0.25) is 0 Å². The maximum absolute atomic E-state index is 12.1. The molecule has 0 atom stereocenters. The molecule has 0 aliphatic rings. The van der Waals surface area contributed by atoms with Gasteiger partial charge >= 0.3 is 5.69 Å². The van der Waals surface area contributed by atoms with Crippen molar-refractivity contribution in [2.45, 2.75) is 45.1 Å². The van der Waals surface area contributed by atoms with Crippen LogP contribution in [0.25, 0.3) is 11.2 Å². The second kappa shape index (κ2) is 6.88. The van der Waals surface area contributed by atoms with Gasteiger partial charge in [-0.2, -0.15) is 0 Å². The maximum atomic E-state index is 12.1. The standard InChI is InChI=1S/C14H20N4O2/c1-2-3-4-5-6-7-8-9-18-13(19)11-12(16-10-15-11)17-14(18)20/h2,10H,1,3-9H2,(H,15,16)(H,17,20). The molecule has 2 aromatic heterocycles. The number of aromatic amines is 2. The minimum atomic E-state index is -0.388. The highest BCUT2D eigenvalue weighted by molar-refractivity contribution is 5.67. The molecule has 0 aromatic carbocycles. The molecule has 6 heteroatoms. The predicted octanol–water partition coefficient (Wildman–Crippen LogP) is 1.94. The van der Waals surface area contributed by atoms with E-state index in [1.54, 1.807) is 0 Å². The zero-order valence-electron chi connectivity index (χ0n) is 11.5. The van der Waals surface area contributed by atoms with Crippen LogP contribution < -0.4 is 11.2 Å². The molecule has 6 nitrogen and oxygen atoms in total. The van der Waals surface area contributed by atoms with Crippen molar-refractivity contribution in [3.05, 3.63) is 39.8 Å². The van der Waals surface area contributed by atoms with E-state index in [1.807, 2.05) is 6.08 Å². The summed E-state index contributed by atoms with van der Waals surface area (Å²) in [5, 5.41) is 0. The molecule has 0 bridgehead atoms. The average Bonchev–Trinajstić information content (AvgIpc) is 2.89. The van der Waals surface area contributed by atoms with Crippen LogP contribution in [0.15, 0.2) is 28.6 Å². The van der Waals surface area contributed by atoms with E-state index in [9.17, 15) is 9.59 Å². The number of hydrogen-bond acceptors (Lipinski definition) is 3. The largest absolute Gasteiger partial charge is 0.339 e. The third-order valence-corrected chi connectivity index (χ3v) is 3.36. The van der Waals surface area contributed by atoms with Gasteiger partial charge in [0.05, 0.1) is 6.33 Å². The number of imidazole rings is 1. The van der Waals surface area contributed by atoms with Gasteiger partial charge in [-0.3, -0.25) is 14.3 Å². The van der Waals surface area contributed by atoms with Crippen molar-refractivity contribution in [2.75, 3.05) is 0 Å². The van der Waals surface area contributed by atoms with Crippen LogP contribution in [0.2, 0.25) is 0 Å². The Bertz CT molecular complexity index is 680. The third-order valence-electron chi connectivity index (χ3n) is 3.36. The van der Waals surface area contributed by atoms with E-state index in [4.69, 9.17) is 0 Å². The van der Waals surface area contributed by atoms with Crippen LogP contribution in [0.1, 0.15) is 38.5 Å². The first-order valence-electron chi connectivity index (χ1n) is 7.01. The first-order valence-corrected chi connectivity index (χ1v) is 7.01. The number of aromatic nitrogens is 4. The Labute approximate surface area is 116 Å². The van der Waals surface area contributed by atoms with Crippen LogP contribution in [0.3, 0.4) is 0 Å². The number of nitrogens with one attached hydrogen (secondary N) is 2. The topological polar surface area (TPSA) is 83.5 Å². The number of nitrogens with zero attached hydrogens (tertiary/aromatic N) is 2. The summed E-state index contributed by atoms with van der Waals surface area (Å²) in [5.41, 5.74) is -0.00887. The van der Waals surface area contributed by atoms with Crippen LogP contribution >= 0.6 is 0 Å². The monoisotopic (exact) mass is 276 g/mol. The van der Waals surface area contributed by atoms with Gasteiger partial charge in [0, 0.05) is 6.54 Å². The lowest BCUT2D eigenvalue weighted by atomic mass is 10.1. The van der Waals surface area contributed by atoms with E-state index in [0.29, 0.717) is 17.7 Å². The lowest BCUT2D eigenvalue weighted by Gasteiger charge is -2.04. The van der Waals surface area contributed by atoms with Crippen LogP contribution in [-0.2, 0) is 6.54 Å². The Morgan fingerprint density at radius 2 is 1.95 bits per heavy atom. The van der Waals surface area contributed by atoms with Crippen molar-refractivity contribution in [3.8, 4) is 0 Å². The van der Waals surface area contributed by atoms with Crippen molar-refractivity contribution in [2.24, 2.45) is 0 Å². The SMILES string of the molecule is C=CCCCCCCCn1c(=O)[nH]c2nc[nH]c2c1=O. The minimum Gasteiger partial charge on any atom is -0.339 e. The van der Waals surface area contributed by atoms with Crippen LogP contribution in [0, 0.1) is 0 Å². The summed E-state index contributed by atoms with van der Waals surface area (Å²) in [7, 11) is 0. The average molecular weight is 276 g/mol. The zero-order valence-corrected chi connectivity index (χ0v) is 11.5. The molecular weight excluding hydrogens is 256 g/mol. The van der Waals surface area contributed by atoms with Crippen molar-refractivity contribution < 1.29 is 0 Å². The maximum Gasteiger partial charge on any atom is 0.330 e. The van der Waals surface area contributed by atoms with E-state index in [-0.39, 0.29) is 11.2 Å². The molecule has 0 aliphatic heterocycles. The quantitative estimate of drug-likeness (QED) is 0.571. The van der Waals surface area contributed by atoms with Crippen molar-refractivity contribution in [3.63, 3.8) is 0 Å². The Morgan fingerprint density at radius 3 is 2.75 bits per heavy atom. The fourth-order valence-electron chi connectivity index (χ4n) is 2.24. The molecule has 0 unspecified atom stereocenters. The molecule has 0 radical (unpaired) electrons. The smallest absolute Gasteiger partial charge is 0.330 e. The number of unbranched alkanes of at least 4 members (excludes halogenated alkanes) is 5. The molecule has 2 N–H and O–H groups in total. The van der Waals surface area contributed by atoms with Gasteiger partial charge < -0.3 is 4.98 Å². The Kier molecular flexibility index (Phi) is 4.92. The van der Waals surface area contributed by atoms with Crippen molar-refractivity contribution in [1.29, 1.82) is 0 Å². The van der Waals surface area contributed by atoms with Crippen molar-refractivity contribution in [1.82, 2.24) is 19.5 Å². The number of rotatable bonds is 8. The lowest BCUT2D eigenvalue weighted by molar-refractivity contribution is 0.540. The van der Waals surface area contributed by atoms with Crippen LogP contribution in [0.5, 0.6) is 0 Å². The zero-order chi connectivity index (χ0) is 14.4. The fraction of sp³-hybridized carbons (Fsp3) is 0.500. The third kappa shape index (κ3) is 3.26. The van der Waals surface area contributed by atoms with Crippen LogP contribution in [-0.4, -0.2) is 19.5 Å². The van der Waals surface area contributed by atoms with E-state index in [0.717, 1.165) is 38.5 Å². The molecular formula is C14H20N4O2. The highest BCUT2D eigenvalue weighted by Gasteiger charge is 2.08. The van der Waals surface area contributed by atoms with E-state index in [2.05, 4.69) is 21.5 Å². The second-order valence-corrected chi connectivity index (χ2v) is 4.86. The van der Waals surface area contributed by atoms with E-state index < -0.39 is 0 Å². The van der Waals surface area contributed by atoms with Gasteiger partial charge in [-0.05, 0) is 19.3 Å². The normalized spacial score (nSPS) is 11.0. The van der Waals surface area contributed by atoms with Crippen LogP contribution in [0.4, 0.5) is 0 Å². The molecule has 2 heterocycles. The van der Waals surface area contributed by atoms with E-state index >= 15 is 0 Å². The molecule has 0 amide bonds. The molecule has 0 fully saturated rings. The predicted molar refractivity (Wildman–Crippen MR) is 78.9 cm³/mol. The Hall–Kier alpha value is -2.11. The summed E-state index contributed by atoms with van der Waals surface area (Å²) < 4.78 is 1.24. The molecule has 2 rings (SSSR count). The highest BCUT2D eigenvalue weighted by Crippen LogP contribution is 2.06. The van der Waals surface area contributed by atoms with Gasteiger partial charge in [0.15, 0.2) is 5.65 Å². The molecule has 0 saturated carbocycles. The fourth-order valence-corrected chi connectivity index (χ4v) is 2.24. The molecule has 108 valence electrons. The van der Waals surface area contributed by atoms with Gasteiger partial charge in [0.1, 0.15) is 5.52 Å². The number of H-pyrrole nitrogens is 2. The Morgan fingerprint density at radius 1 is 1.20 bits per heavy atom. The van der Waals surface area contributed by atoms with Gasteiger partial charge in [-0.25, -0.2) is 9.78 Å². The number of fused-ring (bicyclic) bond motifs is 1. The molecule has 0 spiro atoms. The van der Waals surface area contributed by atoms with Crippen molar-refractivity contribution >= 4 is 11.2 Å². The summed E-state index contributed by atoms with van der Waals surface area (Å²) in [4.78, 5) is 33.1. The first-order chi connectivity index (χ1) is 9.74. The second-order valence-electron chi connectivity index (χ2n) is 4.86. The summed E-state index contributed by atoms with van der Waals surface area (Å²) in [5.74, 6) is 0. The van der Waals surface area contributed by atoms with Gasteiger partial charge in [-0.15, -0.1) is 6.58 Å². The minimum absolute atomic E-state index is 0.298. The molecule has 0 aliphatic carbocycles. The lowest BCUT2D eigenvalue weighted by Crippen LogP contribution is -2.35. The summed E-state index contributed by atoms with van der Waals surface area (Å²) in [6.07, 6.45) is 9.68. The summed E-state index contributed by atoms with van der Waals surface area (Å²) in [6.45, 7) is 4.14. The van der Waals surface area contributed by atoms with Gasteiger partial charge in [0.25, 0.3) is 5.56 Å². The highest BCUT2D eigenvalue weighted by atomic mass is 16.2. The summed E-state index contributed by atoms with van der Waals surface area (Å²) >= 11 is 0. The molecule has 2 aromatic rings. The first kappa shape index (κ1) is 14.3. The number of allylic oxidation sites excluding steroid dienone is 1. The molecule has 20 heavy (non-hydrogen) atoms. The Balaban J connectivity index is 1.91. The van der Waals surface area contributed by atoms with Gasteiger partial charge in [-0.1, -0.05) is 25.3 Å². The summed E-state index contributed by atoms with van der Waals surface area (Å²) in [6, 6.07) is 0.